The molecule has 0 radical (unpaired) electrons. The molecule has 0 aliphatic carbocycles. The molecule has 7 heteroatoms. The predicted molar refractivity (Wildman–Crippen MR) is 56.7 cm³/mol. The summed E-state index contributed by atoms with van der Waals surface area (Å²) in [6.45, 7) is 0. The molecule has 0 amide bonds. The molecule has 0 saturated heterocycles. The normalized spacial score (nSPS) is 8.36. The van der Waals surface area contributed by atoms with E-state index in [4.69, 9.17) is 16.6 Å². The number of hydrogen-bond donors (Lipinski definition) is 3. The van der Waals surface area contributed by atoms with Crippen molar-refractivity contribution in [3.8, 4) is 0 Å². The van der Waals surface area contributed by atoms with Crippen LogP contribution in [0.5, 0.6) is 0 Å². The van der Waals surface area contributed by atoms with Crippen molar-refractivity contribution < 1.29 is 14.3 Å². The van der Waals surface area contributed by atoms with E-state index in [2.05, 4.69) is 0 Å². The number of nitrogen functional groups attached to an aromatic ring is 2. The van der Waals surface area contributed by atoms with Crippen molar-refractivity contribution in [2.75, 3.05) is 11.5 Å². The summed E-state index contributed by atoms with van der Waals surface area (Å²) in [6, 6.07) is 1.80. The van der Waals surface area contributed by atoms with Gasteiger partial charge in [0.2, 0.25) is 0 Å². The molecule has 80 valence electrons. The van der Waals surface area contributed by atoms with E-state index in [0.29, 0.717) is 0 Å². The highest BCUT2D eigenvalue weighted by Gasteiger charge is 2.11. The molecule has 0 atom stereocenters. The number of carboxylic acids is 1. The lowest BCUT2D eigenvalue weighted by Gasteiger charge is -2.03. The van der Waals surface area contributed by atoms with Crippen molar-refractivity contribution in [2.45, 2.75) is 0 Å². The molecule has 4 nitrogen and oxygen atoms in total. The van der Waals surface area contributed by atoms with E-state index in [1.807, 2.05) is 0 Å². The van der Waals surface area contributed by atoms with Gasteiger partial charge >= 0.3 is 5.97 Å². The molecule has 5 N–H and O–H groups in total. The van der Waals surface area contributed by atoms with Crippen LogP contribution < -0.4 is 11.5 Å². The van der Waals surface area contributed by atoms with Crippen molar-refractivity contribution in [3.05, 3.63) is 23.5 Å². The summed E-state index contributed by atoms with van der Waals surface area (Å²) in [5, 5.41) is 8.51. The fourth-order valence-corrected chi connectivity index (χ4v) is 0.816. The molecule has 0 unspecified atom stereocenters. The number of carbonyl (C=O) groups is 1. The van der Waals surface area contributed by atoms with E-state index >= 15 is 0 Å². The van der Waals surface area contributed by atoms with Crippen LogP contribution in [0.1, 0.15) is 10.4 Å². The maximum absolute atomic E-state index is 12.6. The van der Waals surface area contributed by atoms with E-state index in [1.54, 1.807) is 0 Å². The van der Waals surface area contributed by atoms with E-state index in [1.165, 1.54) is 0 Å². The summed E-state index contributed by atoms with van der Waals surface area (Å²) in [5.41, 5.74) is 10.0. The lowest BCUT2D eigenvalue weighted by atomic mass is 10.1. The highest BCUT2D eigenvalue weighted by molar-refractivity contribution is 5.96. The first-order chi connectivity index (χ1) is 5.52. The second-order valence-corrected chi connectivity index (χ2v) is 2.26. The van der Waals surface area contributed by atoms with Gasteiger partial charge in [-0.1, -0.05) is 0 Å². The fraction of sp³-hybridized carbons (Fsp3) is 0. The van der Waals surface area contributed by atoms with Crippen LogP contribution >= 0.6 is 24.8 Å². The second-order valence-electron chi connectivity index (χ2n) is 2.26. The molecule has 0 heterocycles. The molecule has 0 aromatic heterocycles. The van der Waals surface area contributed by atoms with Crippen LogP contribution in [-0.2, 0) is 0 Å². The van der Waals surface area contributed by atoms with E-state index < -0.39 is 11.8 Å². The van der Waals surface area contributed by atoms with Crippen LogP contribution in [0.15, 0.2) is 12.1 Å². The predicted octanol–water partition coefficient (Wildman–Crippen LogP) is 1.53. The van der Waals surface area contributed by atoms with Gasteiger partial charge in [-0.15, -0.1) is 24.8 Å². The fourth-order valence-electron chi connectivity index (χ4n) is 0.816. The molecule has 0 aliphatic rings. The van der Waals surface area contributed by atoms with Crippen LogP contribution in [0.2, 0.25) is 0 Å². The topological polar surface area (TPSA) is 89.3 Å². The molecule has 1 aromatic rings. The first-order valence-electron chi connectivity index (χ1n) is 3.10. The number of anilines is 2. The zero-order valence-electron chi connectivity index (χ0n) is 6.86. The molecule has 0 aliphatic heterocycles. The van der Waals surface area contributed by atoms with Gasteiger partial charge in [0.15, 0.2) is 0 Å². The molecule has 0 saturated carbocycles. The second kappa shape index (κ2) is 5.51. The Morgan fingerprint density at radius 2 is 1.79 bits per heavy atom. The van der Waals surface area contributed by atoms with Gasteiger partial charge in [0.25, 0.3) is 0 Å². The molecule has 0 bridgehead atoms. The summed E-state index contributed by atoms with van der Waals surface area (Å²) in [7, 11) is 0. The van der Waals surface area contributed by atoms with Gasteiger partial charge in [-0.3, -0.25) is 0 Å². The Morgan fingerprint density at radius 3 is 2.21 bits per heavy atom. The minimum Gasteiger partial charge on any atom is -0.478 e. The molecular formula is C7H9Cl2FN2O2. The van der Waals surface area contributed by atoms with Crippen molar-refractivity contribution in [3.63, 3.8) is 0 Å². The van der Waals surface area contributed by atoms with Gasteiger partial charge in [0.05, 0.1) is 16.9 Å². The van der Waals surface area contributed by atoms with Gasteiger partial charge in [-0.2, -0.15) is 0 Å². The highest BCUT2D eigenvalue weighted by atomic mass is 35.5. The number of halogens is 3. The number of rotatable bonds is 1. The third-order valence-corrected chi connectivity index (χ3v) is 1.41. The molecule has 1 aromatic carbocycles. The molecule has 0 spiro atoms. The molecule has 1 rings (SSSR count). The summed E-state index contributed by atoms with van der Waals surface area (Å²) in [6.07, 6.45) is 0. The van der Waals surface area contributed by atoms with Gasteiger partial charge < -0.3 is 16.6 Å². The smallest absolute Gasteiger partial charge is 0.337 e. The lowest BCUT2D eigenvalue weighted by Crippen LogP contribution is -2.06. The Bertz CT molecular complexity index is 347. The Hall–Kier alpha value is -1.20. The zero-order valence-corrected chi connectivity index (χ0v) is 8.49. The Morgan fingerprint density at radius 1 is 1.29 bits per heavy atom. The van der Waals surface area contributed by atoms with Crippen LogP contribution in [0.4, 0.5) is 15.8 Å². The van der Waals surface area contributed by atoms with Crippen LogP contribution in [0, 0.1) is 5.82 Å². The first kappa shape index (κ1) is 15.3. The average molecular weight is 243 g/mol. The molecule has 0 fully saturated rings. The van der Waals surface area contributed by atoms with Crippen molar-refractivity contribution in [2.24, 2.45) is 0 Å². The number of carboxylic acid groups (broad SMARTS) is 1. The molecular weight excluding hydrogens is 234 g/mol. The number of hydrogen-bond acceptors (Lipinski definition) is 3. The summed E-state index contributed by atoms with van der Waals surface area (Å²) in [4.78, 5) is 10.4. The van der Waals surface area contributed by atoms with E-state index in [9.17, 15) is 9.18 Å². The van der Waals surface area contributed by atoms with Crippen LogP contribution in [0.3, 0.4) is 0 Å². The third kappa shape index (κ3) is 2.93. The summed E-state index contributed by atoms with van der Waals surface area (Å²) in [5.74, 6) is -2.00. The Labute approximate surface area is 91.9 Å². The largest absolute Gasteiger partial charge is 0.478 e. The number of benzene rings is 1. The summed E-state index contributed by atoms with van der Waals surface area (Å²) < 4.78 is 12.6. The Kier molecular flexibility index (Phi) is 6.02. The van der Waals surface area contributed by atoms with Crippen molar-refractivity contribution in [1.29, 1.82) is 0 Å². The van der Waals surface area contributed by atoms with Crippen molar-refractivity contribution >= 4 is 42.2 Å². The standard InChI is InChI=1S/C7H7FN2O2.2ClH/c8-3-1-4(7(11)12)6(10)5(9)2-3;;/h1-2H,9-10H2,(H,11,12);2*1H. The molecule has 14 heavy (non-hydrogen) atoms. The van der Waals surface area contributed by atoms with Gasteiger partial charge in [0, 0.05) is 0 Å². The van der Waals surface area contributed by atoms with Crippen molar-refractivity contribution in [1.82, 2.24) is 0 Å². The van der Waals surface area contributed by atoms with E-state index in [0.717, 1.165) is 12.1 Å². The quantitative estimate of drug-likeness (QED) is 0.652. The maximum Gasteiger partial charge on any atom is 0.337 e. The third-order valence-electron chi connectivity index (χ3n) is 1.41. The highest BCUT2D eigenvalue weighted by Crippen LogP contribution is 2.21. The SMILES string of the molecule is Cl.Cl.Nc1cc(F)cc(C(=O)O)c1N. The van der Waals surface area contributed by atoms with Gasteiger partial charge in [-0.25, -0.2) is 9.18 Å². The minimum absolute atomic E-state index is 0. The Balaban J connectivity index is 0. The monoisotopic (exact) mass is 242 g/mol. The number of nitrogens with two attached hydrogens (primary N) is 2. The lowest BCUT2D eigenvalue weighted by molar-refractivity contribution is 0.0697. The van der Waals surface area contributed by atoms with Gasteiger partial charge in [0.1, 0.15) is 5.82 Å². The van der Waals surface area contributed by atoms with Crippen LogP contribution in [0.25, 0.3) is 0 Å². The summed E-state index contributed by atoms with van der Waals surface area (Å²) >= 11 is 0. The zero-order chi connectivity index (χ0) is 9.30. The minimum atomic E-state index is -1.29. The van der Waals surface area contributed by atoms with Gasteiger partial charge in [-0.05, 0) is 12.1 Å². The maximum atomic E-state index is 12.6. The van der Waals surface area contributed by atoms with E-state index in [-0.39, 0.29) is 41.8 Å². The average Bonchev–Trinajstić information content (AvgIpc) is 1.96. The van der Waals surface area contributed by atoms with Crippen LogP contribution in [-0.4, -0.2) is 11.1 Å². The number of aromatic carboxylic acids is 1. The first-order valence-corrected chi connectivity index (χ1v) is 3.10.